The Bertz CT molecular complexity index is 155. The SMILES string of the molecule is CCNCC1CC2(CCOCC2)C1. The van der Waals surface area contributed by atoms with E-state index in [1.165, 1.54) is 32.2 Å². The topological polar surface area (TPSA) is 21.3 Å². The molecule has 2 rings (SSSR count). The van der Waals surface area contributed by atoms with Crippen LogP contribution in [0.1, 0.15) is 32.6 Å². The van der Waals surface area contributed by atoms with Gasteiger partial charge in [-0.25, -0.2) is 0 Å². The van der Waals surface area contributed by atoms with Gasteiger partial charge in [-0.3, -0.25) is 0 Å². The maximum absolute atomic E-state index is 5.40. The second-order valence-corrected chi connectivity index (χ2v) is 4.69. The van der Waals surface area contributed by atoms with Crippen molar-refractivity contribution in [2.75, 3.05) is 26.3 Å². The molecule has 1 spiro atoms. The van der Waals surface area contributed by atoms with E-state index in [1.54, 1.807) is 0 Å². The van der Waals surface area contributed by atoms with Gasteiger partial charge in [0.1, 0.15) is 0 Å². The van der Waals surface area contributed by atoms with E-state index in [4.69, 9.17) is 4.74 Å². The normalized spacial score (nSPS) is 27.5. The molecule has 0 radical (unpaired) electrons. The average molecular weight is 183 g/mol. The van der Waals surface area contributed by atoms with Gasteiger partial charge in [-0.2, -0.15) is 0 Å². The lowest BCUT2D eigenvalue weighted by molar-refractivity contribution is -0.0579. The first-order valence-corrected chi connectivity index (χ1v) is 5.63. The Labute approximate surface area is 81.0 Å². The molecule has 1 aliphatic carbocycles. The van der Waals surface area contributed by atoms with Crippen LogP contribution in [0.25, 0.3) is 0 Å². The molecular formula is C11H21NO. The molecule has 1 heterocycles. The summed E-state index contributed by atoms with van der Waals surface area (Å²) in [6.07, 6.45) is 5.53. The monoisotopic (exact) mass is 183 g/mol. The van der Waals surface area contributed by atoms with Gasteiger partial charge in [-0.15, -0.1) is 0 Å². The Kier molecular flexibility index (Phi) is 2.89. The van der Waals surface area contributed by atoms with Crippen molar-refractivity contribution in [3.8, 4) is 0 Å². The molecule has 0 aromatic heterocycles. The fraction of sp³-hybridized carbons (Fsp3) is 1.00. The van der Waals surface area contributed by atoms with Crippen molar-refractivity contribution >= 4 is 0 Å². The van der Waals surface area contributed by atoms with Gasteiger partial charge in [0.2, 0.25) is 0 Å². The lowest BCUT2D eigenvalue weighted by atomic mass is 9.58. The van der Waals surface area contributed by atoms with Crippen LogP contribution >= 0.6 is 0 Å². The first kappa shape index (κ1) is 9.47. The van der Waals surface area contributed by atoms with Gasteiger partial charge in [0.15, 0.2) is 0 Å². The van der Waals surface area contributed by atoms with E-state index >= 15 is 0 Å². The van der Waals surface area contributed by atoms with Crippen LogP contribution in [-0.4, -0.2) is 26.3 Å². The Balaban J connectivity index is 1.69. The van der Waals surface area contributed by atoms with E-state index in [1.807, 2.05) is 0 Å². The van der Waals surface area contributed by atoms with Gasteiger partial charge in [-0.05, 0) is 50.1 Å². The summed E-state index contributed by atoms with van der Waals surface area (Å²) in [6.45, 7) is 6.55. The summed E-state index contributed by atoms with van der Waals surface area (Å²) < 4.78 is 5.40. The van der Waals surface area contributed by atoms with Gasteiger partial charge >= 0.3 is 0 Å². The van der Waals surface area contributed by atoms with Crippen molar-refractivity contribution in [1.82, 2.24) is 5.32 Å². The van der Waals surface area contributed by atoms with Gasteiger partial charge < -0.3 is 10.1 Å². The molecule has 2 fully saturated rings. The van der Waals surface area contributed by atoms with E-state index < -0.39 is 0 Å². The van der Waals surface area contributed by atoms with Crippen molar-refractivity contribution in [1.29, 1.82) is 0 Å². The molecule has 0 aromatic carbocycles. The number of hydrogen-bond acceptors (Lipinski definition) is 2. The minimum atomic E-state index is 0.707. The Morgan fingerprint density at radius 3 is 2.62 bits per heavy atom. The third-order valence-electron chi connectivity index (χ3n) is 3.68. The highest BCUT2D eigenvalue weighted by molar-refractivity contribution is 4.95. The fourth-order valence-corrected chi connectivity index (χ4v) is 2.87. The Morgan fingerprint density at radius 2 is 2.00 bits per heavy atom. The van der Waals surface area contributed by atoms with Gasteiger partial charge in [0.05, 0.1) is 0 Å². The van der Waals surface area contributed by atoms with Crippen LogP contribution in [0.2, 0.25) is 0 Å². The summed E-state index contributed by atoms with van der Waals surface area (Å²) in [5, 5.41) is 3.44. The third kappa shape index (κ3) is 2.05. The smallest absolute Gasteiger partial charge is 0.0471 e. The first-order valence-electron chi connectivity index (χ1n) is 5.63. The second kappa shape index (κ2) is 3.97. The number of nitrogens with one attached hydrogen (secondary N) is 1. The summed E-state index contributed by atoms with van der Waals surface area (Å²) in [6, 6.07) is 0. The highest BCUT2D eigenvalue weighted by Gasteiger charge is 2.44. The highest BCUT2D eigenvalue weighted by atomic mass is 16.5. The number of hydrogen-bond donors (Lipinski definition) is 1. The molecule has 2 heteroatoms. The molecule has 0 aromatic rings. The minimum Gasteiger partial charge on any atom is -0.381 e. The summed E-state index contributed by atoms with van der Waals surface area (Å²) in [4.78, 5) is 0. The third-order valence-corrected chi connectivity index (χ3v) is 3.68. The van der Waals surface area contributed by atoms with Crippen molar-refractivity contribution < 1.29 is 4.74 Å². The average Bonchev–Trinajstić information content (AvgIpc) is 2.13. The molecule has 1 N–H and O–H groups in total. The van der Waals surface area contributed by atoms with Crippen LogP contribution in [0.4, 0.5) is 0 Å². The molecule has 1 aliphatic heterocycles. The van der Waals surface area contributed by atoms with Crippen LogP contribution < -0.4 is 5.32 Å². The molecule has 76 valence electrons. The zero-order chi connectivity index (χ0) is 9.15. The van der Waals surface area contributed by atoms with Crippen LogP contribution in [-0.2, 0) is 4.74 Å². The molecule has 0 atom stereocenters. The van der Waals surface area contributed by atoms with Crippen LogP contribution in [0.5, 0.6) is 0 Å². The minimum absolute atomic E-state index is 0.707. The fourth-order valence-electron chi connectivity index (χ4n) is 2.87. The van der Waals surface area contributed by atoms with Crippen LogP contribution in [0.15, 0.2) is 0 Å². The highest BCUT2D eigenvalue weighted by Crippen LogP contribution is 2.51. The van der Waals surface area contributed by atoms with Gasteiger partial charge in [-0.1, -0.05) is 6.92 Å². The molecule has 2 nitrogen and oxygen atoms in total. The second-order valence-electron chi connectivity index (χ2n) is 4.69. The molecule has 13 heavy (non-hydrogen) atoms. The number of rotatable bonds is 3. The quantitative estimate of drug-likeness (QED) is 0.720. The largest absolute Gasteiger partial charge is 0.381 e. The predicted octanol–water partition coefficient (Wildman–Crippen LogP) is 1.80. The molecule has 0 unspecified atom stereocenters. The van der Waals surface area contributed by atoms with E-state index in [9.17, 15) is 0 Å². The summed E-state index contributed by atoms with van der Waals surface area (Å²) >= 11 is 0. The van der Waals surface area contributed by atoms with E-state index in [-0.39, 0.29) is 0 Å². The first-order chi connectivity index (χ1) is 6.35. The van der Waals surface area contributed by atoms with Crippen molar-refractivity contribution in [3.05, 3.63) is 0 Å². The lowest BCUT2D eigenvalue weighted by Crippen LogP contribution is -2.45. The summed E-state index contributed by atoms with van der Waals surface area (Å²) in [5.74, 6) is 0.957. The molecule has 0 amide bonds. The van der Waals surface area contributed by atoms with Crippen molar-refractivity contribution in [2.45, 2.75) is 32.6 Å². The van der Waals surface area contributed by atoms with Gasteiger partial charge in [0, 0.05) is 13.2 Å². The molecule has 2 aliphatic rings. The predicted molar refractivity (Wildman–Crippen MR) is 53.8 cm³/mol. The van der Waals surface area contributed by atoms with E-state index in [0.29, 0.717) is 5.41 Å². The maximum Gasteiger partial charge on any atom is 0.0471 e. The lowest BCUT2D eigenvalue weighted by Gasteiger charge is -2.50. The van der Waals surface area contributed by atoms with Crippen molar-refractivity contribution in [2.24, 2.45) is 11.3 Å². The molecular weight excluding hydrogens is 162 g/mol. The standard InChI is InChI=1S/C11H21NO/c1-2-12-9-10-7-11(8-10)3-5-13-6-4-11/h10,12H,2-9H2,1H3. The number of ether oxygens (including phenoxy) is 1. The zero-order valence-electron chi connectivity index (χ0n) is 8.64. The van der Waals surface area contributed by atoms with E-state index in [2.05, 4.69) is 12.2 Å². The Morgan fingerprint density at radius 1 is 1.31 bits per heavy atom. The summed E-state index contributed by atoms with van der Waals surface area (Å²) in [7, 11) is 0. The van der Waals surface area contributed by atoms with Crippen LogP contribution in [0.3, 0.4) is 0 Å². The van der Waals surface area contributed by atoms with E-state index in [0.717, 1.165) is 25.7 Å². The maximum atomic E-state index is 5.40. The van der Waals surface area contributed by atoms with Crippen LogP contribution in [0, 0.1) is 11.3 Å². The van der Waals surface area contributed by atoms with Crippen molar-refractivity contribution in [3.63, 3.8) is 0 Å². The van der Waals surface area contributed by atoms with Gasteiger partial charge in [0.25, 0.3) is 0 Å². The molecule has 1 saturated carbocycles. The molecule has 0 bridgehead atoms. The molecule has 1 saturated heterocycles. The summed E-state index contributed by atoms with van der Waals surface area (Å²) in [5.41, 5.74) is 0.707. The zero-order valence-corrected chi connectivity index (χ0v) is 8.64. The Hall–Kier alpha value is -0.0800.